The van der Waals surface area contributed by atoms with Gasteiger partial charge in [-0.15, -0.1) is 0 Å². The first kappa shape index (κ1) is 24.5. The number of nitrogens with one attached hydrogen (secondary N) is 2. The molecule has 2 amide bonds. The number of anilines is 2. The van der Waals surface area contributed by atoms with Crippen molar-refractivity contribution < 1.29 is 28.3 Å². The Morgan fingerprint density at radius 3 is 2.32 bits per heavy atom. The number of carbonyl (C=O) groups excluding carboxylic acids is 2. The average Bonchev–Trinajstić information content (AvgIpc) is 3.18. The summed E-state index contributed by atoms with van der Waals surface area (Å²) in [6, 6.07) is 8.20. The Bertz CT molecular complexity index is 1150. The fraction of sp³-hybridized carbons (Fsp3) is 0.0526. The maximum atomic E-state index is 13.4. The van der Waals surface area contributed by atoms with Gasteiger partial charge in [0, 0.05) is 18.8 Å². The van der Waals surface area contributed by atoms with Crippen LogP contribution < -0.4 is 10.2 Å². The number of H-pyrrole nitrogens is 1. The molecular weight excluding hydrogens is 445 g/mol. The number of aromatic amines is 1. The SMILES string of the molecule is CN(C(=O)c1cc(NC(=O)c2cc(F)c(F)cc2Cl)[nH]n1)c1ccc(C(=O)O)cc1.[NaH]. The maximum absolute atomic E-state index is 13.4. The summed E-state index contributed by atoms with van der Waals surface area (Å²) < 4.78 is 26.5. The molecule has 0 aliphatic rings. The van der Waals surface area contributed by atoms with Crippen LogP contribution in [0.1, 0.15) is 31.2 Å². The number of rotatable bonds is 5. The van der Waals surface area contributed by atoms with Crippen LogP contribution in [0.3, 0.4) is 0 Å². The Balaban J connectivity index is 0.00000341. The molecule has 0 bridgehead atoms. The molecule has 156 valence electrons. The van der Waals surface area contributed by atoms with Crippen LogP contribution in [-0.4, -0.2) is 69.7 Å². The Morgan fingerprint density at radius 2 is 1.71 bits per heavy atom. The molecule has 0 saturated carbocycles. The van der Waals surface area contributed by atoms with Crippen molar-refractivity contribution in [2.75, 3.05) is 17.3 Å². The standard InChI is InChI=1S/C19H13ClF2N4O4.Na.H/c1-26(10-4-2-9(3-5-10)19(29)30)18(28)15-8-16(25-24-15)23-17(27)11-6-13(21)14(22)7-12(11)20;;/h2-8H,1H3,(H,29,30)(H2,23,24,25,27);;. The number of hydrogen-bond acceptors (Lipinski definition) is 4. The summed E-state index contributed by atoms with van der Waals surface area (Å²) in [6.45, 7) is 0. The van der Waals surface area contributed by atoms with Crippen LogP contribution in [0.5, 0.6) is 0 Å². The fourth-order valence-corrected chi connectivity index (χ4v) is 2.73. The molecule has 1 heterocycles. The summed E-state index contributed by atoms with van der Waals surface area (Å²) in [5.74, 6) is -4.87. The quantitative estimate of drug-likeness (QED) is 0.401. The Hall–Kier alpha value is -2.79. The molecule has 3 N–H and O–H groups in total. The van der Waals surface area contributed by atoms with E-state index in [1.54, 1.807) is 0 Å². The predicted octanol–water partition coefficient (Wildman–Crippen LogP) is 2.92. The normalized spacial score (nSPS) is 10.2. The van der Waals surface area contributed by atoms with Crippen LogP contribution in [0.4, 0.5) is 20.3 Å². The van der Waals surface area contributed by atoms with E-state index in [1.165, 1.54) is 42.3 Å². The van der Waals surface area contributed by atoms with Gasteiger partial charge in [0.25, 0.3) is 11.8 Å². The van der Waals surface area contributed by atoms with Gasteiger partial charge in [-0.1, -0.05) is 11.6 Å². The van der Waals surface area contributed by atoms with Crippen molar-refractivity contribution in [1.82, 2.24) is 10.2 Å². The fourth-order valence-electron chi connectivity index (χ4n) is 2.50. The second-order valence-corrected chi connectivity index (χ2v) is 6.49. The Labute approximate surface area is 201 Å². The molecule has 31 heavy (non-hydrogen) atoms. The van der Waals surface area contributed by atoms with E-state index in [2.05, 4.69) is 15.5 Å². The number of carboxylic acid groups (broad SMARTS) is 1. The van der Waals surface area contributed by atoms with E-state index in [-0.39, 0.29) is 57.2 Å². The summed E-state index contributed by atoms with van der Waals surface area (Å²) in [5.41, 5.74) is 0.146. The van der Waals surface area contributed by atoms with E-state index >= 15 is 0 Å². The minimum absolute atomic E-state index is 0. The third-order valence-corrected chi connectivity index (χ3v) is 4.42. The molecule has 3 rings (SSSR count). The molecule has 0 atom stereocenters. The van der Waals surface area contributed by atoms with Crippen LogP contribution >= 0.6 is 11.6 Å². The summed E-state index contributed by atoms with van der Waals surface area (Å²) in [5, 5.41) is 17.3. The summed E-state index contributed by atoms with van der Waals surface area (Å²) >= 11 is 5.77. The van der Waals surface area contributed by atoms with Gasteiger partial charge in [-0.3, -0.25) is 14.7 Å². The summed E-state index contributed by atoms with van der Waals surface area (Å²) in [4.78, 5) is 37.0. The van der Waals surface area contributed by atoms with Crippen molar-refractivity contribution in [3.63, 3.8) is 0 Å². The topological polar surface area (TPSA) is 115 Å². The van der Waals surface area contributed by atoms with E-state index in [0.29, 0.717) is 17.8 Å². The van der Waals surface area contributed by atoms with Gasteiger partial charge in [0.05, 0.1) is 16.1 Å². The van der Waals surface area contributed by atoms with Gasteiger partial charge >= 0.3 is 35.5 Å². The third-order valence-electron chi connectivity index (χ3n) is 4.11. The molecule has 0 radical (unpaired) electrons. The summed E-state index contributed by atoms with van der Waals surface area (Å²) in [6.07, 6.45) is 0. The number of nitrogens with zero attached hydrogens (tertiary/aromatic N) is 2. The number of hydrogen-bond donors (Lipinski definition) is 3. The Kier molecular flexibility index (Phi) is 7.91. The molecule has 2 aromatic carbocycles. The van der Waals surface area contributed by atoms with E-state index < -0.39 is 29.4 Å². The number of carboxylic acids is 1. The van der Waals surface area contributed by atoms with Gasteiger partial charge in [0.15, 0.2) is 17.3 Å². The van der Waals surface area contributed by atoms with Crippen molar-refractivity contribution in [1.29, 1.82) is 0 Å². The molecular formula is C19H14ClF2N4NaO4. The minimum atomic E-state index is -1.24. The molecule has 3 aromatic rings. The van der Waals surface area contributed by atoms with Gasteiger partial charge in [0.2, 0.25) is 0 Å². The summed E-state index contributed by atoms with van der Waals surface area (Å²) in [7, 11) is 1.46. The second-order valence-electron chi connectivity index (χ2n) is 6.08. The number of halogens is 3. The van der Waals surface area contributed by atoms with Crippen LogP contribution in [0.2, 0.25) is 5.02 Å². The molecule has 0 aliphatic carbocycles. The van der Waals surface area contributed by atoms with Crippen LogP contribution in [0, 0.1) is 11.6 Å². The van der Waals surface area contributed by atoms with Crippen LogP contribution in [-0.2, 0) is 0 Å². The molecule has 8 nitrogen and oxygen atoms in total. The monoisotopic (exact) mass is 458 g/mol. The zero-order valence-electron chi connectivity index (χ0n) is 15.2. The molecule has 0 fully saturated rings. The molecule has 0 unspecified atom stereocenters. The van der Waals surface area contributed by atoms with Crippen LogP contribution in [0.25, 0.3) is 0 Å². The van der Waals surface area contributed by atoms with Crippen molar-refractivity contribution in [3.05, 3.63) is 75.9 Å². The first-order valence-corrected chi connectivity index (χ1v) is 8.68. The van der Waals surface area contributed by atoms with Crippen molar-refractivity contribution in [3.8, 4) is 0 Å². The average molecular weight is 459 g/mol. The van der Waals surface area contributed by atoms with E-state index in [1.807, 2.05) is 0 Å². The first-order valence-electron chi connectivity index (χ1n) is 8.30. The van der Waals surface area contributed by atoms with Gasteiger partial charge < -0.3 is 15.3 Å². The van der Waals surface area contributed by atoms with Crippen molar-refractivity contribution in [2.24, 2.45) is 0 Å². The van der Waals surface area contributed by atoms with Crippen molar-refractivity contribution >= 4 is 70.4 Å². The molecule has 0 saturated heterocycles. The number of benzene rings is 2. The Morgan fingerprint density at radius 1 is 1.10 bits per heavy atom. The van der Waals surface area contributed by atoms with Crippen LogP contribution in [0.15, 0.2) is 42.5 Å². The van der Waals surface area contributed by atoms with Gasteiger partial charge in [-0.2, -0.15) is 5.10 Å². The third kappa shape index (κ3) is 5.47. The van der Waals surface area contributed by atoms with Crippen molar-refractivity contribution in [2.45, 2.75) is 0 Å². The zero-order chi connectivity index (χ0) is 22.0. The van der Waals surface area contributed by atoms with E-state index in [9.17, 15) is 23.2 Å². The predicted molar refractivity (Wildman–Crippen MR) is 111 cm³/mol. The first-order chi connectivity index (χ1) is 14.2. The van der Waals surface area contributed by atoms with E-state index in [4.69, 9.17) is 16.7 Å². The number of aromatic carboxylic acids is 1. The molecule has 0 aliphatic heterocycles. The molecule has 0 spiro atoms. The molecule has 1 aromatic heterocycles. The second kappa shape index (κ2) is 10.0. The number of aromatic nitrogens is 2. The van der Waals surface area contributed by atoms with Gasteiger partial charge in [-0.05, 0) is 36.4 Å². The molecule has 12 heteroatoms. The number of carbonyl (C=O) groups is 3. The number of amides is 2. The van der Waals surface area contributed by atoms with E-state index in [0.717, 1.165) is 0 Å². The zero-order valence-corrected chi connectivity index (χ0v) is 16.0. The van der Waals surface area contributed by atoms with Gasteiger partial charge in [0.1, 0.15) is 5.82 Å². The van der Waals surface area contributed by atoms with Gasteiger partial charge in [-0.25, -0.2) is 13.6 Å².